The topological polar surface area (TPSA) is 245 Å². The van der Waals surface area contributed by atoms with Crippen LogP contribution in [0, 0.1) is 0 Å². The lowest BCUT2D eigenvalue weighted by Gasteiger charge is -2.16. The number of aliphatic hydroxyl groups is 5. The van der Waals surface area contributed by atoms with E-state index in [0.29, 0.717) is 28.1 Å². The highest BCUT2D eigenvalue weighted by molar-refractivity contribution is 6.56. The molecule has 4 aromatic heterocycles. The molecule has 6 rings (SSSR count). The quantitative estimate of drug-likeness (QED) is 0.140. The molecule has 6 heterocycles. The molecule has 0 aromatic carbocycles. The van der Waals surface area contributed by atoms with Gasteiger partial charge in [-0.2, -0.15) is 0 Å². The summed E-state index contributed by atoms with van der Waals surface area (Å²) in [5, 5.41) is 51.2. The maximum Gasteiger partial charge on any atom is 0.167 e. The Hall–Kier alpha value is -3.26. The fourth-order valence-electron chi connectivity index (χ4n) is 4.60. The normalized spacial score (nSPS) is 27.8. The highest BCUT2D eigenvalue weighted by atomic mass is 35.5. The molecule has 2 saturated heterocycles. The van der Waals surface area contributed by atoms with Gasteiger partial charge >= 0.3 is 0 Å². The minimum Gasteiger partial charge on any atom is -0.394 e. The Kier molecular flexibility index (Phi) is 8.50. The number of nitrogens with one attached hydrogen (secondary N) is 1. The van der Waals surface area contributed by atoms with E-state index in [1.54, 1.807) is 7.05 Å². The first-order valence-corrected chi connectivity index (χ1v) is 12.9. The number of fused-ring (bicyclic) bond motifs is 2. The summed E-state index contributed by atoms with van der Waals surface area (Å²) >= 11 is 11.7. The summed E-state index contributed by atoms with van der Waals surface area (Å²) in [5.74, 6) is 0.777. The molecule has 17 nitrogen and oxygen atoms in total. The smallest absolute Gasteiger partial charge is 0.167 e. The van der Waals surface area contributed by atoms with Crippen LogP contribution < -0.4 is 11.1 Å². The van der Waals surface area contributed by atoms with Crippen LogP contribution in [0.15, 0.2) is 35.4 Å². The Morgan fingerprint density at radius 3 is 2.15 bits per heavy atom. The van der Waals surface area contributed by atoms with Gasteiger partial charge in [0.2, 0.25) is 0 Å². The van der Waals surface area contributed by atoms with Crippen LogP contribution in [0.3, 0.4) is 0 Å². The van der Waals surface area contributed by atoms with Crippen molar-refractivity contribution >= 4 is 57.2 Å². The summed E-state index contributed by atoms with van der Waals surface area (Å²) in [6, 6.07) is 0. The van der Waals surface area contributed by atoms with Crippen LogP contribution in [-0.2, 0) is 9.47 Å². The van der Waals surface area contributed by atoms with E-state index in [1.165, 1.54) is 34.4 Å². The zero-order valence-electron chi connectivity index (χ0n) is 21.2. The Labute approximate surface area is 240 Å². The number of rotatable bonds is 5. The first kappa shape index (κ1) is 29.2. The summed E-state index contributed by atoms with van der Waals surface area (Å²) in [7, 11) is 1.72. The fraction of sp³-hybridized carbons (Fsp3) is 0.455. The van der Waals surface area contributed by atoms with E-state index in [-0.39, 0.29) is 29.1 Å². The number of ether oxygens (including phenoxy) is 2. The largest absolute Gasteiger partial charge is 0.394 e. The number of nitrogens with two attached hydrogens (primary N) is 1. The number of nitrogens with zero attached hydrogens (tertiary/aromatic N) is 8. The average Bonchev–Trinajstić information content (AvgIpc) is 3.73. The van der Waals surface area contributed by atoms with E-state index in [2.05, 4.69) is 35.2 Å². The number of aliphatic hydroxyl groups excluding tert-OH is 5. The van der Waals surface area contributed by atoms with Crippen molar-refractivity contribution in [1.29, 1.82) is 0 Å². The minimum atomic E-state index is -1.17. The lowest BCUT2D eigenvalue weighted by atomic mass is 10.1. The predicted octanol–water partition coefficient (Wildman–Crippen LogP) is -1.17. The van der Waals surface area contributed by atoms with Crippen molar-refractivity contribution in [2.45, 2.75) is 43.0 Å². The summed E-state index contributed by atoms with van der Waals surface area (Å²) in [4.78, 5) is 24.4. The zero-order valence-corrected chi connectivity index (χ0v) is 22.7. The molecule has 19 heteroatoms. The van der Waals surface area contributed by atoms with Crippen LogP contribution in [0.25, 0.3) is 22.3 Å². The van der Waals surface area contributed by atoms with Crippen molar-refractivity contribution in [3.05, 3.63) is 35.4 Å². The van der Waals surface area contributed by atoms with E-state index in [4.69, 9.17) is 43.5 Å². The first-order chi connectivity index (χ1) is 19.7. The summed E-state index contributed by atoms with van der Waals surface area (Å²) in [6.45, 7) is -0.760. The van der Waals surface area contributed by atoms with Crippen molar-refractivity contribution < 1.29 is 35.0 Å². The molecule has 8 N–H and O–H groups in total. The Balaban J connectivity index is 0.000000165. The molecule has 0 spiro atoms. The second-order valence-electron chi connectivity index (χ2n) is 8.98. The highest BCUT2D eigenvalue weighted by Gasteiger charge is 2.44. The van der Waals surface area contributed by atoms with E-state index in [9.17, 15) is 20.4 Å². The van der Waals surface area contributed by atoms with Crippen LogP contribution >= 0.6 is 23.2 Å². The molecule has 2 aliphatic rings. The lowest BCUT2D eigenvalue weighted by molar-refractivity contribution is -0.0511. The highest BCUT2D eigenvalue weighted by Crippen LogP contribution is 2.40. The van der Waals surface area contributed by atoms with Gasteiger partial charge in [0.1, 0.15) is 58.7 Å². The number of halogens is 2. The van der Waals surface area contributed by atoms with E-state index < -0.39 is 43.0 Å². The van der Waals surface area contributed by atoms with Crippen molar-refractivity contribution in [3.63, 3.8) is 0 Å². The third kappa shape index (κ3) is 5.16. The number of hydrogen-bond acceptors (Lipinski definition) is 15. The molecule has 7 atom stereocenters. The Morgan fingerprint density at radius 1 is 0.878 bits per heavy atom. The van der Waals surface area contributed by atoms with E-state index in [1.807, 2.05) is 0 Å². The molecule has 0 aliphatic carbocycles. The number of imidazole rings is 2. The minimum absolute atomic E-state index is 0.132. The maximum absolute atomic E-state index is 10.1. The van der Waals surface area contributed by atoms with Gasteiger partial charge in [0.05, 0.1) is 25.9 Å². The molecule has 0 amide bonds. The molecule has 2 fully saturated rings. The predicted molar refractivity (Wildman–Crippen MR) is 143 cm³/mol. The molecule has 0 bridgehead atoms. The Bertz CT molecular complexity index is 1560. The van der Waals surface area contributed by atoms with E-state index in [0.717, 1.165) is 0 Å². The van der Waals surface area contributed by atoms with Crippen molar-refractivity contribution in [1.82, 2.24) is 39.0 Å². The summed E-state index contributed by atoms with van der Waals surface area (Å²) in [6.07, 6.45) is -1.26. The third-order valence-electron chi connectivity index (χ3n) is 6.67. The average molecular weight is 613 g/mol. The van der Waals surface area contributed by atoms with Gasteiger partial charge in [-0.15, -0.1) is 0 Å². The molecule has 2 aliphatic heterocycles. The Morgan fingerprint density at radius 2 is 1.51 bits per heavy atom. The van der Waals surface area contributed by atoms with Gasteiger partial charge in [-0.05, 0) is 0 Å². The van der Waals surface area contributed by atoms with Gasteiger partial charge in [-0.3, -0.25) is 9.13 Å². The fourth-order valence-corrected chi connectivity index (χ4v) is 5.01. The maximum atomic E-state index is 10.1. The second kappa shape index (κ2) is 11.9. The molecule has 0 saturated carbocycles. The molecule has 0 radical (unpaired) electrons. The van der Waals surface area contributed by atoms with Crippen LogP contribution in [0.2, 0.25) is 0 Å². The summed E-state index contributed by atoms with van der Waals surface area (Å²) in [5.41, 5.74) is 7.76. The van der Waals surface area contributed by atoms with Gasteiger partial charge in [0.15, 0.2) is 35.4 Å². The van der Waals surface area contributed by atoms with Gasteiger partial charge < -0.3 is 46.1 Å². The van der Waals surface area contributed by atoms with Gasteiger partial charge in [0.25, 0.3) is 0 Å². The van der Waals surface area contributed by atoms with Crippen LogP contribution in [0.5, 0.6) is 0 Å². The van der Waals surface area contributed by atoms with Crippen LogP contribution in [0.4, 0.5) is 11.6 Å². The number of hydrogen-bond donors (Lipinski definition) is 7. The summed E-state index contributed by atoms with van der Waals surface area (Å²) < 4.78 is 13.9. The SMILES string of the molecule is CNc1ncnc2c1ncn2[C@@H]1O[C@H](CO)[C@@H](O)[C@H]1O.Nc1ncnc2c1ncn2[C@@H]1O[C@H](CO)[C@@H](O)C1=C(Cl)Cl. The monoisotopic (exact) mass is 612 g/mol. The number of nitrogen functional groups attached to an aromatic ring is 1. The lowest BCUT2D eigenvalue weighted by Crippen LogP contribution is -2.33. The second-order valence-corrected chi connectivity index (χ2v) is 9.93. The van der Waals surface area contributed by atoms with Crippen molar-refractivity contribution in [3.8, 4) is 0 Å². The third-order valence-corrected chi connectivity index (χ3v) is 7.10. The van der Waals surface area contributed by atoms with E-state index >= 15 is 0 Å². The van der Waals surface area contributed by atoms with Crippen molar-refractivity contribution in [2.24, 2.45) is 0 Å². The molecule has 4 aromatic rings. The van der Waals surface area contributed by atoms with Crippen LogP contribution in [0.1, 0.15) is 12.5 Å². The standard InChI is InChI=1S/C11H11Cl2N5O3.C11H15N5O4/c12-8(13)5-7(20)4(1-19)21-11(5)18-3-17-6-9(14)15-2-16-10(6)18;1-12-9-6-10(14-3-13-9)16(4-15-6)11-8(19)7(18)5(2-17)20-11/h2-4,7,11,19-20H,1H2,(H2,14,15,16);3-5,7-8,11,17-19H,2H2,1H3,(H,12,13,14)/t4-,7-,11-;5-,7-,8-,11-/m11/s1. The number of anilines is 2. The number of aromatic nitrogens is 8. The molecule has 220 valence electrons. The molecule has 41 heavy (non-hydrogen) atoms. The first-order valence-electron chi connectivity index (χ1n) is 12.1. The van der Waals surface area contributed by atoms with Crippen LogP contribution in [-0.4, -0.2) is 115 Å². The van der Waals surface area contributed by atoms with Gasteiger partial charge in [-0.25, -0.2) is 29.9 Å². The van der Waals surface area contributed by atoms with Gasteiger partial charge in [0, 0.05) is 12.6 Å². The van der Waals surface area contributed by atoms with Gasteiger partial charge in [-0.1, -0.05) is 23.2 Å². The zero-order chi connectivity index (χ0) is 29.4. The molecule has 0 unspecified atom stereocenters. The molecular formula is C22H26Cl2N10O7. The molecular weight excluding hydrogens is 587 g/mol. The van der Waals surface area contributed by atoms with Crippen molar-refractivity contribution in [2.75, 3.05) is 31.3 Å².